The molecule has 3 nitrogen and oxygen atoms in total. The Morgan fingerprint density at radius 3 is 1.89 bits per heavy atom. The minimum absolute atomic E-state index is 0. The van der Waals surface area contributed by atoms with Crippen LogP contribution in [0, 0.1) is 0 Å². The average Bonchev–Trinajstić information content (AvgIpc) is 1.65. The van der Waals surface area contributed by atoms with E-state index < -0.39 is 9.64 Å². The molecule has 0 rings (SSSR count). The molecule has 0 saturated heterocycles. The van der Waals surface area contributed by atoms with Crippen molar-refractivity contribution in [2.45, 2.75) is 13.3 Å². The van der Waals surface area contributed by atoms with Gasteiger partial charge in [0.15, 0.2) is 0 Å². The highest BCUT2D eigenvalue weighted by molar-refractivity contribution is 8.93. The van der Waals surface area contributed by atoms with Gasteiger partial charge in [-0.25, -0.2) is 11.2 Å². The minimum atomic E-state index is -2.03. The zero-order valence-corrected chi connectivity index (χ0v) is 8.42. The molecule has 0 unspecified atom stereocenters. The van der Waals surface area contributed by atoms with Gasteiger partial charge in [-0.2, -0.15) is 0 Å². The third-order valence-electron chi connectivity index (χ3n) is 0.289. The molecule has 0 aliphatic heterocycles. The normalized spacial score (nSPS) is 7.11. The Balaban J connectivity index is -0.0000000720. The molecule has 3 N–H and O–H groups in total. The highest BCUT2D eigenvalue weighted by Crippen LogP contribution is 1.57. The molecule has 0 amide bonds. The summed E-state index contributed by atoms with van der Waals surface area (Å²) in [6, 6.07) is 0. The Morgan fingerprint density at radius 1 is 1.78 bits per heavy atom. The Morgan fingerprint density at radius 2 is 1.89 bits per heavy atom. The molecule has 60 valence electrons. The molecular weight excluding hydrogens is 226 g/mol. The van der Waals surface area contributed by atoms with E-state index in [4.69, 9.17) is 14.5 Å². The van der Waals surface area contributed by atoms with Gasteiger partial charge in [0.1, 0.15) is 0 Å². The molecule has 0 aliphatic carbocycles. The summed E-state index contributed by atoms with van der Waals surface area (Å²) in [6.45, 7) is 2.88. The zero-order valence-electron chi connectivity index (χ0n) is 5.07. The Bertz CT molecular complexity index is 85.8. The predicted octanol–water partition coefficient (Wildman–Crippen LogP) is 0.818. The van der Waals surface area contributed by atoms with Gasteiger partial charge < -0.3 is 14.5 Å². The van der Waals surface area contributed by atoms with Crippen molar-refractivity contribution in [1.29, 1.82) is 0 Å². The van der Waals surface area contributed by atoms with E-state index >= 15 is 0 Å². The quantitative estimate of drug-likeness (QED) is 0.523. The first kappa shape index (κ1) is 16.4. The number of hydrogen-bond acceptors (Lipinski definition) is 4. The van der Waals surface area contributed by atoms with Crippen LogP contribution in [-0.4, -0.2) is 11.1 Å². The summed E-state index contributed by atoms with van der Waals surface area (Å²) >= 11 is 3.65. The van der Waals surface area contributed by atoms with Gasteiger partial charge in [-0.3, -0.25) is 0 Å². The molecule has 0 bridgehead atoms. The standard InChI is InChI=1S/C3H9N.BrH.HO2S2/c1-2-3-4;;1-4(2)3/h2-4H2,1H3;1H;(H,1,2,3)/q;;-1. The zero-order chi connectivity index (χ0) is 6.99. The first-order valence-electron chi connectivity index (χ1n) is 2.13. The summed E-state index contributed by atoms with van der Waals surface area (Å²) < 4.78 is 16.3. The lowest BCUT2D eigenvalue weighted by Gasteiger charge is -1.70. The molecule has 6 heteroatoms. The van der Waals surface area contributed by atoms with Crippen molar-refractivity contribution in [1.82, 2.24) is 0 Å². The summed E-state index contributed by atoms with van der Waals surface area (Å²) in [6.07, 6.45) is 1.10. The van der Waals surface area contributed by atoms with Crippen LogP contribution in [0.5, 0.6) is 0 Å². The molecule has 0 heterocycles. The average molecular weight is 237 g/mol. The first-order chi connectivity index (χ1) is 3.65. The van der Waals surface area contributed by atoms with Crippen molar-refractivity contribution in [2.24, 2.45) is 5.73 Å². The molecule has 0 aromatic carbocycles. The Labute approximate surface area is 72.3 Å². The van der Waals surface area contributed by atoms with Crippen LogP contribution in [0.1, 0.15) is 13.3 Å². The largest absolute Gasteiger partial charge is 0.459 e. The third-order valence-corrected chi connectivity index (χ3v) is 0.289. The SMILES string of the molecule is Br.CCCN.O=[S-](O)=S. The molecule has 0 aromatic rings. The molecule has 0 spiro atoms. The van der Waals surface area contributed by atoms with Gasteiger partial charge in [-0.1, -0.05) is 16.6 Å². The van der Waals surface area contributed by atoms with Crippen LogP contribution in [0.4, 0.5) is 0 Å². The fraction of sp³-hybridized carbons (Fsp3) is 1.00. The second kappa shape index (κ2) is 15.9. The van der Waals surface area contributed by atoms with Gasteiger partial charge in [-0.05, 0) is 13.0 Å². The summed E-state index contributed by atoms with van der Waals surface area (Å²) in [7, 11) is -2.03. The van der Waals surface area contributed by atoms with E-state index in [1.165, 1.54) is 0 Å². The van der Waals surface area contributed by atoms with Crippen molar-refractivity contribution < 1.29 is 8.76 Å². The predicted molar refractivity (Wildman–Crippen MR) is 47.7 cm³/mol. The second-order valence-corrected chi connectivity index (χ2v) is 2.30. The van der Waals surface area contributed by atoms with E-state index in [2.05, 4.69) is 18.1 Å². The van der Waals surface area contributed by atoms with Gasteiger partial charge in [0.2, 0.25) is 0 Å². The maximum Gasteiger partial charge on any atom is -0.00799 e. The van der Waals surface area contributed by atoms with Crippen LogP contribution in [-0.2, 0) is 25.0 Å². The van der Waals surface area contributed by atoms with Gasteiger partial charge >= 0.3 is 0 Å². The van der Waals surface area contributed by atoms with Crippen LogP contribution >= 0.6 is 17.0 Å². The van der Waals surface area contributed by atoms with Crippen molar-refractivity contribution in [2.75, 3.05) is 6.54 Å². The van der Waals surface area contributed by atoms with Crippen molar-refractivity contribution in [3.63, 3.8) is 0 Å². The van der Waals surface area contributed by atoms with Crippen LogP contribution in [0.3, 0.4) is 0 Å². The fourth-order valence-electron chi connectivity index (χ4n) is 0. The number of rotatable bonds is 1. The maximum absolute atomic E-state index is 8.93. The monoisotopic (exact) mass is 236 g/mol. The van der Waals surface area contributed by atoms with Crippen molar-refractivity contribution in [3.05, 3.63) is 0 Å². The van der Waals surface area contributed by atoms with Crippen molar-refractivity contribution >= 4 is 37.8 Å². The lowest BCUT2D eigenvalue weighted by atomic mass is 10.5. The molecule has 0 aromatic heterocycles. The van der Waals surface area contributed by atoms with E-state index in [0.717, 1.165) is 13.0 Å². The summed E-state index contributed by atoms with van der Waals surface area (Å²) in [5, 5.41) is 0. The lowest BCUT2D eigenvalue weighted by Crippen LogP contribution is -1.93. The topological polar surface area (TPSA) is 63.3 Å². The lowest BCUT2D eigenvalue weighted by molar-refractivity contribution is 0.536. The van der Waals surface area contributed by atoms with Gasteiger partial charge in [0.05, 0.1) is 0 Å². The summed E-state index contributed by atoms with van der Waals surface area (Å²) in [4.78, 5) is 0. The van der Waals surface area contributed by atoms with Gasteiger partial charge in [-0.15, -0.1) is 17.0 Å². The minimum Gasteiger partial charge on any atom is -0.459 e. The number of hydrogen-bond donors (Lipinski definition) is 2. The molecular formula is C3H11BrNO2S2-. The second-order valence-electron chi connectivity index (χ2n) is 1.01. The smallest absolute Gasteiger partial charge is 0.00799 e. The molecule has 0 saturated carbocycles. The van der Waals surface area contributed by atoms with Crippen LogP contribution < -0.4 is 5.73 Å². The highest BCUT2D eigenvalue weighted by Gasteiger charge is 1.55. The maximum atomic E-state index is 8.93. The molecule has 0 aliphatic rings. The molecule has 0 atom stereocenters. The molecule has 0 fully saturated rings. The third kappa shape index (κ3) is 128. The van der Waals surface area contributed by atoms with Gasteiger partial charge in [0, 0.05) is 0 Å². The van der Waals surface area contributed by atoms with E-state index in [1.807, 2.05) is 0 Å². The van der Waals surface area contributed by atoms with E-state index in [-0.39, 0.29) is 17.0 Å². The number of halogens is 1. The molecule has 0 radical (unpaired) electrons. The molecule has 9 heavy (non-hydrogen) atoms. The van der Waals surface area contributed by atoms with E-state index in [1.54, 1.807) is 0 Å². The van der Waals surface area contributed by atoms with E-state index in [0.29, 0.717) is 0 Å². The number of nitrogens with two attached hydrogens (primary N) is 1. The Kier molecular flexibility index (Phi) is 29.0. The Hall–Kier alpha value is 0.770. The summed E-state index contributed by atoms with van der Waals surface area (Å²) in [5.41, 5.74) is 5.03. The van der Waals surface area contributed by atoms with Crippen LogP contribution in [0.25, 0.3) is 0 Å². The van der Waals surface area contributed by atoms with Crippen molar-refractivity contribution in [3.8, 4) is 0 Å². The fourth-order valence-corrected chi connectivity index (χ4v) is 0. The van der Waals surface area contributed by atoms with Crippen LogP contribution in [0.2, 0.25) is 0 Å². The summed E-state index contributed by atoms with van der Waals surface area (Å²) in [5.74, 6) is 0. The highest BCUT2D eigenvalue weighted by atomic mass is 79.9. The first-order valence-corrected chi connectivity index (χ1v) is 4.16. The van der Waals surface area contributed by atoms with Gasteiger partial charge in [0.25, 0.3) is 0 Å². The van der Waals surface area contributed by atoms with Crippen LogP contribution in [0.15, 0.2) is 0 Å². The van der Waals surface area contributed by atoms with E-state index in [9.17, 15) is 0 Å².